The van der Waals surface area contributed by atoms with Gasteiger partial charge >= 0.3 is 0 Å². The van der Waals surface area contributed by atoms with Crippen LogP contribution in [0.3, 0.4) is 0 Å². The first-order chi connectivity index (χ1) is 17.0. The molecule has 1 aliphatic heterocycles. The number of benzene rings is 2. The summed E-state index contributed by atoms with van der Waals surface area (Å²) >= 11 is 0. The van der Waals surface area contributed by atoms with Crippen molar-refractivity contribution in [3.63, 3.8) is 0 Å². The quantitative estimate of drug-likeness (QED) is 0.324. The molecule has 0 aliphatic carbocycles. The molecule has 7 heteroatoms. The van der Waals surface area contributed by atoms with Gasteiger partial charge in [0.2, 0.25) is 0 Å². The zero-order valence-corrected chi connectivity index (χ0v) is 21.6. The van der Waals surface area contributed by atoms with Crippen LogP contribution in [0.2, 0.25) is 0 Å². The van der Waals surface area contributed by atoms with Gasteiger partial charge in [-0.1, -0.05) is 42.5 Å². The number of piperidine rings is 1. The zero-order chi connectivity index (χ0) is 24.4. The lowest BCUT2D eigenvalue weighted by Crippen LogP contribution is -2.36. The molecule has 1 N–H and O–H groups in total. The normalized spacial score (nSPS) is 13.5. The first-order valence-electron chi connectivity index (χ1n) is 12.3. The molecule has 0 atom stereocenters. The summed E-state index contributed by atoms with van der Waals surface area (Å²) in [7, 11) is 0. The SMILES string of the molecule is Cc1c(C)n(Cc2ccccc2)c2c(NCc3ccc(F)cc3)nc(C(=O)N3CCCCC3)cc12.Cl. The van der Waals surface area contributed by atoms with Gasteiger partial charge in [-0.15, -0.1) is 12.4 Å². The number of anilines is 1. The van der Waals surface area contributed by atoms with Crippen molar-refractivity contribution >= 4 is 35.0 Å². The molecule has 0 spiro atoms. The number of hydrogen-bond acceptors (Lipinski definition) is 3. The molecule has 5 nitrogen and oxygen atoms in total. The number of halogens is 2. The molecule has 0 bridgehead atoms. The second-order valence-corrected chi connectivity index (χ2v) is 9.37. The van der Waals surface area contributed by atoms with Crippen LogP contribution in [0.4, 0.5) is 10.2 Å². The van der Waals surface area contributed by atoms with Crippen molar-refractivity contribution in [2.24, 2.45) is 0 Å². The molecule has 0 saturated carbocycles. The highest BCUT2D eigenvalue weighted by Gasteiger charge is 2.24. The number of nitrogens with one attached hydrogen (secondary N) is 1. The first-order valence-corrected chi connectivity index (χ1v) is 12.3. The van der Waals surface area contributed by atoms with Crippen molar-refractivity contribution in [2.45, 2.75) is 46.2 Å². The summed E-state index contributed by atoms with van der Waals surface area (Å²) in [5.74, 6) is 0.412. The predicted molar refractivity (Wildman–Crippen MR) is 145 cm³/mol. The summed E-state index contributed by atoms with van der Waals surface area (Å²) in [5, 5.41) is 4.50. The Labute approximate surface area is 217 Å². The predicted octanol–water partition coefficient (Wildman–Crippen LogP) is 6.50. The fourth-order valence-electron chi connectivity index (χ4n) is 4.91. The lowest BCUT2D eigenvalue weighted by atomic mass is 10.1. The van der Waals surface area contributed by atoms with Gasteiger partial charge in [0.05, 0.1) is 5.52 Å². The molecule has 1 amide bonds. The minimum Gasteiger partial charge on any atom is -0.364 e. The number of aryl methyl sites for hydroxylation is 1. The van der Waals surface area contributed by atoms with E-state index in [0.717, 1.165) is 53.7 Å². The minimum atomic E-state index is -0.258. The molecule has 36 heavy (non-hydrogen) atoms. The maximum atomic E-state index is 13.4. The molecular weight excluding hydrogens is 475 g/mol. The second-order valence-electron chi connectivity index (χ2n) is 9.37. The van der Waals surface area contributed by atoms with Gasteiger partial charge in [-0.25, -0.2) is 9.37 Å². The number of carbonyl (C=O) groups is 1. The van der Waals surface area contributed by atoms with Crippen LogP contribution in [0, 0.1) is 19.7 Å². The lowest BCUT2D eigenvalue weighted by molar-refractivity contribution is 0.0718. The molecule has 2 aromatic heterocycles. The molecule has 5 rings (SSSR count). The third-order valence-corrected chi connectivity index (χ3v) is 7.03. The van der Waals surface area contributed by atoms with Crippen molar-refractivity contribution in [3.8, 4) is 0 Å². The second kappa shape index (κ2) is 11.1. The van der Waals surface area contributed by atoms with Crippen molar-refractivity contribution in [1.82, 2.24) is 14.5 Å². The number of amides is 1. The van der Waals surface area contributed by atoms with E-state index in [1.54, 1.807) is 12.1 Å². The van der Waals surface area contributed by atoms with Crippen LogP contribution < -0.4 is 5.32 Å². The Bertz CT molecular complexity index is 1350. The first kappa shape index (κ1) is 25.7. The highest BCUT2D eigenvalue weighted by atomic mass is 35.5. The van der Waals surface area contributed by atoms with Crippen molar-refractivity contribution < 1.29 is 9.18 Å². The van der Waals surface area contributed by atoms with Crippen LogP contribution in [-0.4, -0.2) is 33.4 Å². The Balaban J connectivity index is 0.00000304. The van der Waals surface area contributed by atoms with Gasteiger partial charge in [0.1, 0.15) is 11.5 Å². The smallest absolute Gasteiger partial charge is 0.272 e. The van der Waals surface area contributed by atoms with Crippen molar-refractivity contribution in [3.05, 3.63) is 94.6 Å². The van der Waals surface area contributed by atoms with Gasteiger partial charge in [-0.05, 0) is 68.0 Å². The number of pyridine rings is 1. The monoisotopic (exact) mass is 506 g/mol. The highest BCUT2D eigenvalue weighted by molar-refractivity contribution is 6.01. The maximum absolute atomic E-state index is 13.4. The Morgan fingerprint density at radius 3 is 2.36 bits per heavy atom. The Kier molecular flexibility index (Phi) is 7.94. The number of aromatic nitrogens is 2. The zero-order valence-electron chi connectivity index (χ0n) is 20.8. The average Bonchev–Trinajstić information content (AvgIpc) is 3.13. The summed E-state index contributed by atoms with van der Waals surface area (Å²) in [4.78, 5) is 20.2. The van der Waals surface area contributed by atoms with Gasteiger partial charge in [0.15, 0.2) is 5.82 Å². The molecule has 4 aromatic rings. The fraction of sp³-hybridized carbons (Fsp3) is 0.310. The highest BCUT2D eigenvalue weighted by Crippen LogP contribution is 2.32. The van der Waals surface area contributed by atoms with E-state index in [9.17, 15) is 9.18 Å². The number of likely N-dealkylation sites (tertiary alicyclic amines) is 1. The summed E-state index contributed by atoms with van der Waals surface area (Å²) in [6.45, 7) is 6.99. The summed E-state index contributed by atoms with van der Waals surface area (Å²) in [6, 6.07) is 18.8. The summed E-state index contributed by atoms with van der Waals surface area (Å²) in [5.41, 5.74) is 5.91. The van der Waals surface area contributed by atoms with E-state index in [-0.39, 0.29) is 24.1 Å². The molecule has 3 heterocycles. The molecule has 2 aromatic carbocycles. The summed E-state index contributed by atoms with van der Waals surface area (Å²) in [6.07, 6.45) is 3.24. The van der Waals surface area contributed by atoms with Crippen LogP contribution in [0.15, 0.2) is 60.7 Å². The lowest BCUT2D eigenvalue weighted by Gasteiger charge is -2.26. The van der Waals surface area contributed by atoms with E-state index >= 15 is 0 Å². The Morgan fingerprint density at radius 1 is 0.972 bits per heavy atom. The van der Waals surface area contributed by atoms with Crippen LogP contribution in [-0.2, 0) is 13.1 Å². The van der Waals surface area contributed by atoms with E-state index in [1.165, 1.54) is 24.1 Å². The van der Waals surface area contributed by atoms with Crippen LogP contribution in [0.5, 0.6) is 0 Å². The van der Waals surface area contributed by atoms with E-state index in [2.05, 4.69) is 35.9 Å². The Hall–Kier alpha value is -3.38. The maximum Gasteiger partial charge on any atom is 0.272 e. The number of rotatable bonds is 6. The van der Waals surface area contributed by atoms with E-state index in [0.29, 0.717) is 24.6 Å². The number of carbonyl (C=O) groups excluding carboxylic acids is 1. The van der Waals surface area contributed by atoms with Gasteiger partial charge in [-0.3, -0.25) is 4.79 Å². The van der Waals surface area contributed by atoms with Gasteiger partial charge < -0.3 is 14.8 Å². The molecule has 0 unspecified atom stereocenters. The summed E-state index contributed by atoms with van der Waals surface area (Å²) < 4.78 is 15.7. The minimum absolute atomic E-state index is 0. The van der Waals surface area contributed by atoms with Crippen LogP contribution in [0.25, 0.3) is 10.9 Å². The number of nitrogens with zero attached hydrogens (tertiary/aromatic N) is 3. The van der Waals surface area contributed by atoms with E-state index in [4.69, 9.17) is 4.98 Å². The van der Waals surface area contributed by atoms with E-state index < -0.39 is 0 Å². The largest absolute Gasteiger partial charge is 0.364 e. The number of hydrogen-bond donors (Lipinski definition) is 1. The molecule has 1 fully saturated rings. The standard InChI is InChI=1S/C29H31FN4O.ClH/c1-20-21(2)34(19-23-9-5-3-6-10-23)27-25(20)17-26(29(35)33-15-7-4-8-16-33)32-28(27)31-18-22-11-13-24(30)14-12-22;/h3,5-6,9-14,17H,4,7-8,15-16,18-19H2,1-2H3,(H,31,32);1H. The van der Waals surface area contributed by atoms with Crippen LogP contribution >= 0.6 is 12.4 Å². The van der Waals surface area contributed by atoms with Crippen molar-refractivity contribution in [2.75, 3.05) is 18.4 Å². The molecule has 1 saturated heterocycles. The molecule has 1 aliphatic rings. The fourth-order valence-corrected chi connectivity index (χ4v) is 4.91. The molecular formula is C29H32ClFN4O. The molecule has 188 valence electrons. The van der Waals surface area contributed by atoms with Crippen LogP contribution in [0.1, 0.15) is 52.1 Å². The number of fused-ring (bicyclic) bond motifs is 1. The molecule has 0 radical (unpaired) electrons. The Morgan fingerprint density at radius 2 is 1.67 bits per heavy atom. The van der Waals surface area contributed by atoms with Gasteiger partial charge in [0.25, 0.3) is 5.91 Å². The topological polar surface area (TPSA) is 50.2 Å². The van der Waals surface area contributed by atoms with Gasteiger partial charge in [-0.2, -0.15) is 0 Å². The third-order valence-electron chi connectivity index (χ3n) is 7.03. The van der Waals surface area contributed by atoms with E-state index in [1.807, 2.05) is 29.2 Å². The third kappa shape index (κ3) is 5.24. The average molecular weight is 507 g/mol. The van der Waals surface area contributed by atoms with Crippen molar-refractivity contribution in [1.29, 1.82) is 0 Å². The van der Waals surface area contributed by atoms with Gasteiger partial charge in [0, 0.05) is 37.3 Å².